The van der Waals surface area contributed by atoms with Gasteiger partial charge in [0.15, 0.2) is 5.69 Å². The fourth-order valence-corrected chi connectivity index (χ4v) is 3.12. The van der Waals surface area contributed by atoms with Crippen molar-refractivity contribution in [1.82, 2.24) is 20.0 Å². The third kappa shape index (κ3) is 3.93. The molecule has 0 unspecified atom stereocenters. The number of hydrogen-bond donors (Lipinski definition) is 1. The molecule has 3 aromatic rings. The van der Waals surface area contributed by atoms with Crippen molar-refractivity contribution in [3.05, 3.63) is 62.5 Å². The Bertz CT molecular complexity index is 1090. The zero-order chi connectivity index (χ0) is 20.5. The minimum absolute atomic E-state index is 0.155. The minimum Gasteiger partial charge on any atom is -0.295 e. The predicted octanol–water partition coefficient (Wildman–Crippen LogP) is 3.23. The molecule has 0 saturated heterocycles. The zero-order valence-electron chi connectivity index (χ0n) is 14.7. The van der Waals surface area contributed by atoms with E-state index < -0.39 is 28.8 Å². The van der Waals surface area contributed by atoms with Gasteiger partial charge in [0.1, 0.15) is 5.01 Å². The molecule has 0 fully saturated rings. The van der Waals surface area contributed by atoms with Gasteiger partial charge >= 0.3 is 6.18 Å². The zero-order valence-corrected chi connectivity index (χ0v) is 15.6. The normalized spacial score (nSPS) is 11.5. The third-order valence-electron chi connectivity index (χ3n) is 3.75. The quantitative estimate of drug-likeness (QED) is 0.715. The summed E-state index contributed by atoms with van der Waals surface area (Å²) in [5.74, 6) is -0.873. The number of para-hydroxylation sites is 1. The van der Waals surface area contributed by atoms with Crippen molar-refractivity contribution in [2.24, 2.45) is 0 Å². The van der Waals surface area contributed by atoms with Gasteiger partial charge in [0, 0.05) is 11.8 Å². The molecular formula is C17H14F3N5O2S. The minimum atomic E-state index is -4.63. The summed E-state index contributed by atoms with van der Waals surface area (Å²) in [7, 11) is 0. The van der Waals surface area contributed by atoms with E-state index in [9.17, 15) is 22.8 Å². The highest BCUT2D eigenvalue weighted by Crippen LogP contribution is 2.33. The molecule has 146 valence electrons. The van der Waals surface area contributed by atoms with Gasteiger partial charge in [-0.05, 0) is 25.5 Å². The molecule has 0 radical (unpaired) electrons. The van der Waals surface area contributed by atoms with Gasteiger partial charge in [-0.25, -0.2) is 4.68 Å². The maximum Gasteiger partial charge on any atom is 0.418 e. The number of rotatable bonds is 4. The molecule has 0 aliphatic heterocycles. The van der Waals surface area contributed by atoms with E-state index in [1.807, 2.05) is 6.92 Å². The molecule has 0 saturated carbocycles. The smallest absolute Gasteiger partial charge is 0.295 e. The van der Waals surface area contributed by atoms with Crippen molar-refractivity contribution >= 4 is 22.4 Å². The van der Waals surface area contributed by atoms with Crippen LogP contribution in [0.3, 0.4) is 0 Å². The monoisotopic (exact) mass is 409 g/mol. The highest BCUT2D eigenvalue weighted by molar-refractivity contribution is 7.15. The molecule has 0 spiro atoms. The average molecular weight is 409 g/mol. The van der Waals surface area contributed by atoms with E-state index in [0.717, 1.165) is 28.2 Å². The van der Waals surface area contributed by atoms with Crippen molar-refractivity contribution in [3.8, 4) is 5.69 Å². The van der Waals surface area contributed by atoms with Crippen molar-refractivity contribution < 1.29 is 18.0 Å². The number of nitrogens with one attached hydrogen (secondary N) is 1. The predicted molar refractivity (Wildman–Crippen MR) is 96.8 cm³/mol. The molecule has 28 heavy (non-hydrogen) atoms. The van der Waals surface area contributed by atoms with Crippen molar-refractivity contribution in [2.45, 2.75) is 26.4 Å². The van der Waals surface area contributed by atoms with Crippen molar-refractivity contribution in [3.63, 3.8) is 0 Å². The van der Waals surface area contributed by atoms with Crippen LogP contribution in [0.5, 0.6) is 0 Å². The number of aryl methyl sites for hydroxylation is 2. The Labute approximate surface area is 160 Å². The Morgan fingerprint density at radius 3 is 2.61 bits per heavy atom. The summed E-state index contributed by atoms with van der Waals surface area (Å²) < 4.78 is 40.9. The summed E-state index contributed by atoms with van der Waals surface area (Å²) in [5.41, 5.74) is -2.32. The lowest BCUT2D eigenvalue weighted by atomic mass is 10.1. The summed E-state index contributed by atoms with van der Waals surface area (Å²) in [6, 6.07) is 5.84. The lowest BCUT2D eigenvalue weighted by molar-refractivity contribution is -0.137. The van der Waals surface area contributed by atoms with Gasteiger partial charge in [-0.15, -0.1) is 10.2 Å². The topological polar surface area (TPSA) is 89.8 Å². The number of aromatic nitrogens is 4. The Morgan fingerprint density at radius 1 is 1.25 bits per heavy atom. The second-order valence-electron chi connectivity index (χ2n) is 5.73. The van der Waals surface area contributed by atoms with Gasteiger partial charge in [-0.1, -0.05) is 30.4 Å². The van der Waals surface area contributed by atoms with Gasteiger partial charge in [-0.3, -0.25) is 14.9 Å². The number of benzene rings is 1. The molecule has 1 N–H and O–H groups in total. The van der Waals surface area contributed by atoms with Crippen molar-refractivity contribution in [1.29, 1.82) is 0 Å². The number of anilines is 1. The lowest BCUT2D eigenvalue weighted by Crippen LogP contribution is -2.27. The summed E-state index contributed by atoms with van der Waals surface area (Å²) >= 11 is 1.13. The molecule has 11 heteroatoms. The van der Waals surface area contributed by atoms with Crippen LogP contribution >= 0.6 is 11.3 Å². The van der Waals surface area contributed by atoms with E-state index in [1.165, 1.54) is 25.1 Å². The highest BCUT2D eigenvalue weighted by Gasteiger charge is 2.34. The molecule has 0 atom stereocenters. The van der Waals surface area contributed by atoms with Gasteiger partial charge in [0.25, 0.3) is 5.91 Å². The molecule has 2 heterocycles. The van der Waals surface area contributed by atoms with Gasteiger partial charge < -0.3 is 0 Å². The molecule has 2 aromatic heterocycles. The van der Waals surface area contributed by atoms with E-state index >= 15 is 0 Å². The average Bonchev–Trinajstić information content (AvgIpc) is 3.08. The molecule has 1 aromatic carbocycles. The Kier molecular flexibility index (Phi) is 5.27. The molecular weight excluding hydrogens is 395 g/mol. The van der Waals surface area contributed by atoms with E-state index in [-0.39, 0.29) is 16.5 Å². The first kappa shape index (κ1) is 19.7. The van der Waals surface area contributed by atoms with E-state index in [4.69, 9.17) is 0 Å². The molecule has 0 aliphatic carbocycles. The van der Waals surface area contributed by atoms with Crippen LogP contribution in [0.25, 0.3) is 5.69 Å². The maximum atomic E-state index is 13.3. The maximum absolute atomic E-state index is 13.3. The fourth-order valence-electron chi connectivity index (χ4n) is 2.45. The summed E-state index contributed by atoms with van der Waals surface area (Å²) in [6.07, 6.45) is -4.00. The van der Waals surface area contributed by atoms with Crippen LogP contribution in [0.1, 0.15) is 33.7 Å². The summed E-state index contributed by atoms with van der Waals surface area (Å²) in [6.45, 7) is 3.30. The highest BCUT2D eigenvalue weighted by atomic mass is 32.1. The van der Waals surface area contributed by atoms with Gasteiger partial charge in [0.05, 0.1) is 11.3 Å². The largest absolute Gasteiger partial charge is 0.418 e. The number of nitrogens with zero attached hydrogens (tertiary/aromatic N) is 4. The Hall–Kier alpha value is -3.08. The second-order valence-corrected chi connectivity index (χ2v) is 6.80. The van der Waals surface area contributed by atoms with Crippen LogP contribution in [-0.2, 0) is 12.6 Å². The number of hydrogen-bond acceptors (Lipinski definition) is 6. The standard InChI is InChI=1S/C17H14F3N5O2S/c1-3-13-22-23-16(28-13)21-15(27)14-12(26)8-9(2)25(24-14)11-7-5-4-6-10(11)17(18,19)20/h4-8H,3H2,1-2H3,(H,21,23,27). The molecule has 3 rings (SSSR count). The fraction of sp³-hybridized carbons (Fsp3) is 0.235. The molecule has 0 bridgehead atoms. The third-order valence-corrected chi connectivity index (χ3v) is 4.73. The first-order chi connectivity index (χ1) is 13.2. The summed E-state index contributed by atoms with van der Waals surface area (Å²) in [4.78, 5) is 24.6. The van der Waals surface area contributed by atoms with Crippen LogP contribution in [-0.4, -0.2) is 25.9 Å². The second kappa shape index (κ2) is 7.50. The summed E-state index contributed by atoms with van der Waals surface area (Å²) in [5, 5.41) is 14.8. The first-order valence-corrected chi connectivity index (χ1v) is 8.93. The van der Waals surface area contributed by atoms with Crippen molar-refractivity contribution in [2.75, 3.05) is 5.32 Å². The van der Waals surface area contributed by atoms with Crippen LogP contribution in [0.4, 0.5) is 18.3 Å². The molecule has 7 nitrogen and oxygen atoms in total. The number of alkyl halides is 3. The van der Waals surface area contributed by atoms with E-state index in [1.54, 1.807) is 0 Å². The Morgan fingerprint density at radius 2 is 1.96 bits per heavy atom. The first-order valence-electron chi connectivity index (χ1n) is 8.12. The lowest BCUT2D eigenvalue weighted by Gasteiger charge is -2.16. The van der Waals surface area contributed by atoms with Crippen LogP contribution < -0.4 is 10.7 Å². The number of amides is 1. The number of halogens is 3. The van der Waals surface area contributed by atoms with Crippen LogP contribution in [0, 0.1) is 6.92 Å². The van der Waals surface area contributed by atoms with E-state index in [2.05, 4.69) is 20.6 Å². The van der Waals surface area contributed by atoms with Gasteiger partial charge in [-0.2, -0.15) is 18.3 Å². The SMILES string of the molecule is CCc1nnc(NC(=O)c2nn(-c3ccccc3C(F)(F)F)c(C)cc2=O)s1. The van der Waals surface area contributed by atoms with Crippen LogP contribution in [0.2, 0.25) is 0 Å². The number of carbonyl (C=O) groups is 1. The van der Waals surface area contributed by atoms with Crippen LogP contribution in [0.15, 0.2) is 35.1 Å². The number of carbonyl (C=O) groups excluding carboxylic acids is 1. The Balaban J connectivity index is 2.05. The molecule has 1 amide bonds. The van der Waals surface area contributed by atoms with Gasteiger partial charge in [0.2, 0.25) is 10.6 Å². The van der Waals surface area contributed by atoms with E-state index in [0.29, 0.717) is 11.4 Å². The molecule has 0 aliphatic rings.